The fourth-order valence-corrected chi connectivity index (χ4v) is 2.49. The predicted molar refractivity (Wildman–Crippen MR) is 87.3 cm³/mol. The minimum absolute atomic E-state index is 0.333. The second kappa shape index (κ2) is 7.18. The third-order valence-electron chi connectivity index (χ3n) is 3.65. The molecule has 2 rings (SSSR count). The highest BCUT2D eigenvalue weighted by atomic mass is 15.1. The summed E-state index contributed by atoms with van der Waals surface area (Å²) in [4.78, 5) is 13.3. The van der Waals surface area contributed by atoms with Gasteiger partial charge < -0.3 is 4.90 Å². The Hall–Kier alpha value is -1.94. The molecule has 0 saturated carbocycles. The molecule has 4 nitrogen and oxygen atoms in total. The first kappa shape index (κ1) is 15.4. The van der Waals surface area contributed by atoms with E-state index in [1.54, 1.807) is 0 Å². The molecule has 112 valence electrons. The molecule has 0 bridgehead atoms. The van der Waals surface area contributed by atoms with Crippen molar-refractivity contribution in [3.05, 3.63) is 54.0 Å². The van der Waals surface area contributed by atoms with Gasteiger partial charge >= 0.3 is 0 Å². The Kier molecular flexibility index (Phi) is 5.28. The van der Waals surface area contributed by atoms with Crippen molar-refractivity contribution in [2.24, 2.45) is 0 Å². The lowest BCUT2D eigenvalue weighted by Gasteiger charge is -2.26. The summed E-state index contributed by atoms with van der Waals surface area (Å²) in [5.74, 6) is 0.984. The summed E-state index contributed by atoms with van der Waals surface area (Å²) in [6.07, 6.45) is 4.85. The van der Waals surface area contributed by atoms with Crippen molar-refractivity contribution >= 4 is 5.82 Å². The zero-order valence-corrected chi connectivity index (χ0v) is 13.3. The molecule has 2 aromatic heterocycles. The zero-order chi connectivity index (χ0) is 15.2. The highest BCUT2D eigenvalue weighted by Gasteiger charge is 2.16. The van der Waals surface area contributed by atoms with E-state index in [4.69, 9.17) is 0 Å². The number of nitrogens with zero attached hydrogens (tertiary/aromatic N) is 4. The molecule has 4 heteroatoms. The van der Waals surface area contributed by atoms with Gasteiger partial charge in [0, 0.05) is 33.0 Å². The van der Waals surface area contributed by atoms with E-state index in [1.165, 1.54) is 5.56 Å². The van der Waals surface area contributed by atoms with E-state index in [1.807, 2.05) is 43.5 Å². The standard InChI is InChI=1S/C17H24N4/c1-5-16(15-8-6-7-11-18-15)21(4)13-14-9-10-17(19-12-14)20(2)3/h6-12,16H,5,13H2,1-4H3. The highest BCUT2D eigenvalue weighted by Crippen LogP contribution is 2.22. The first-order chi connectivity index (χ1) is 10.1. The van der Waals surface area contributed by atoms with Crippen LogP contribution in [0, 0.1) is 0 Å². The van der Waals surface area contributed by atoms with Crippen molar-refractivity contribution in [3.8, 4) is 0 Å². The van der Waals surface area contributed by atoms with E-state index in [0.717, 1.165) is 24.5 Å². The van der Waals surface area contributed by atoms with Crippen LogP contribution >= 0.6 is 0 Å². The van der Waals surface area contributed by atoms with Crippen molar-refractivity contribution in [1.29, 1.82) is 0 Å². The number of rotatable bonds is 6. The maximum atomic E-state index is 4.49. The van der Waals surface area contributed by atoms with Gasteiger partial charge in [0.1, 0.15) is 5.82 Å². The third-order valence-corrected chi connectivity index (χ3v) is 3.65. The molecule has 2 heterocycles. The molecule has 0 fully saturated rings. The van der Waals surface area contributed by atoms with Gasteiger partial charge in [-0.2, -0.15) is 0 Å². The van der Waals surface area contributed by atoms with Crippen LogP contribution in [0.4, 0.5) is 5.82 Å². The number of hydrogen-bond donors (Lipinski definition) is 0. The quantitative estimate of drug-likeness (QED) is 0.816. The molecule has 0 aromatic carbocycles. The van der Waals surface area contributed by atoms with Crippen LogP contribution in [0.5, 0.6) is 0 Å². The monoisotopic (exact) mass is 284 g/mol. The lowest BCUT2D eigenvalue weighted by atomic mass is 10.1. The molecule has 0 aliphatic rings. The molecule has 0 aliphatic heterocycles. The molecule has 0 amide bonds. The van der Waals surface area contributed by atoms with Crippen molar-refractivity contribution in [3.63, 3.8) is 0 Å². The average molecular weight is 284 g/mol. The Morgan fingerprint density at radius 3 is 2.38 bits per heavy atom. The van der Waals surface area contributed by atoms with Crippen molar-refractivity contribution < 1.29 is 0 Å². The van der Waals surface area contributed by atoms with Gasteiger partial charge in [0.25, 0.3) is 0 Å². The van der Waals surface area contributed by atoms with Gasteiger partial charge in [-0.05, 0) is 37.2 Å². The van der Waals surface area contributed by atoms with Crippen LogP contribution in [0.25, 0.3) is 0 Å². The van der Waals surface area contributed by atoms with E-state index >= 15 is 0 Å². The first-order valence-corrected chi connectivity index (χ1v) is 7.35. The minimum Gasteiger partial charge on any atom is -0.363 e. The molecule has 0 saturated heterocycles. The molecular weight excluding hydrogens is 260 g/mol. The Labute approximate surface area is 127 Å². The summed E-state index contributed by atoms with van der Waals surface area (Å²) in [5.41, 5.74) is 2.35. The Morgan fingerprint density at radius 2 is 1.86 bits per heavy atom. The van der Waals surface area contributed by atoms with Crippen LogP contribution < -0.4 is 4.90 Å². The number of aromatic nitrogens is 2. The SMILES string of the molecule is CCC(c1ccccn1)N(C)Cc1ccc(N(C)C)nc1. The van der Waals surface area contributed by atoms with Crippen LogP contribution in [-0.4, -0.2) is 36.0 Å². The smallest absolute Gasteiger partial charge is 0.127 e. The summed E-state index contributed by atoms with van der Waals surface area (Å²) in [6, 6.07) is 10.6. The fraction of sp³-hybridized carbons (Fsp3) is 0.412. The molecule has 2 aromatic rings. The zero-order valence-electron chi connectivity index (χ0n) is 13.3. The first-order valence-electron chi connectivity index (χ1n) is 7.35. The second-order valence-electron chi connectivity index (χ2n) is 5.51. The summed E-state index contributed by atoms with van der Waals surface area (Å²) >= 11 is 0. The summed E-state index contributed by atoms with van der Waals surface area (Å²) < 4.78 is 0. The number of pyridine rings is 2. The van der Waals surface area contributed by atoms with Gasteiger partial charge in [-0.15, -0.1) is 0 Å². The van der Waals surface area contributed by atoms with Crippen molar-refractivity contribution in [2.75, 3.05) is 26.0 Å². The van der Waals surface area contributed by atoms with Gasteiger partial charge in [0.15, 0.2) is 0 Å². The number of anilines is 1. The normalized spacial score (nSPS) is 12.4. The summed E-state index contributed by atoms with van der Waals surface area (Å²) in [5, 5.41) is 0. The molecule has 21 heavy (non-hydrogen) atoms. The molecule has 0 spiro atoms. The number of hydrogen-bond acceptors (Lipinski definition) is 4. The van der Waals surface area contributed by atoms with Crippen molar-refractivity contribution in [2.45, 2.75) is 25.9 Å². The molecular formula is C17H24N4. The second-order valence-corrected chi connectivity index (χ2v) is 5.51. The van der Waals surface area contributed by atoms with E-state index in [2.05, 4.69) is 47.0 Å². The molecule has 0 N–H and O–H groups in total. The van der Waals surface area contributed by atoms with Gasteiger partial charge in [-0.1, -0.05) is 19.1 Å². The van der Waals surface area contributed by atoms with Crippen LogP contribution in [0.2, 0.25) is 0 Å². The van der Waals surface area contributed by atoms with Gasteiger partial charge in [0.2, 0.25) is 0 Å². The molecule has 0 aliphatic carbocycles. The molecule has 1 atom stereocenters. The Morgan fingerprint density at radius 1 is 1.05 bits per heavy atom. The van der Waals surface area contributed by atoms with Gasteiger partial charge in [0.05, 0.1) is 11.7 Å². The molecule has 0 radical (unpaired) electrons. The van der Waals surface area contributed by atoms with Crippen LogP contribution in [0.1, 0.15) is 30.6 Å². The minimum atomic E-state index is 0.333. The highest BCUT2D eigenvalue weighted by molar-refractivity contribution is 5.37. The van der Waals surface area contributed by atoms with E-state index in [-0.39, 0.29) is 0 Å². The Balaban J connectivity index is 2.07. The average Bonchev–Trinajstić information content (AvgIpc) is 2.49. The lowest BCUT2D eigenvalue weighted by Crippen LogP contribution is -2.24. The lowest BCUT2D eigenvalue weighted by molar-refractivity contribution is 0.226. The maximum Gasteiger partial charge on any atom is 0.127 e. The topological polar surface area (TPSA) is 32.3 Å². The maximum absolute atomic E-state index is 4.49. The fourth-order valence-electron chi connectivity index (χ4n) is 2.49. The van der Waals surface area contributed by atoms with Crippen LogP contribution in [-0.2, 0) is 6.54 Å². The van der Waals surface area contributed by atoms with Crippen LogP contribution in [0.15, 0.2) is 42.7 Å². The predicted octanol–water partition coefficient (Wildman–Crippen LogP) is 3.13. The van der Waals surface area contributed by atoms with Crippen molar-refractivity contribution in [1.82, 2.24) is 14.9 Å². The summed E-state index contributed by atoms with van der Waals surface area (Å²) in [6.45, 7) is 3.07. The largest absolute Gasteiger partial charge is 0.363 e. The van der Waals surface area contributed by atoms with E-state index in [9.17, 15) is 0 Å². The van der Waals surface area contributed by atoms with E-state index in [0.29, 0.717) is 6.04 Å². The van der Waals surface area contributed by atoms with Gasteiger partial charge in [-0.25, -0.2) is 4.98 Å². The molecule has 1 unspecified atom stereocenters. The third kappa shape index (κ3) is 4.02. The van der Waals surface area contributed by atoms with Crippen LogP contribution in [0.3, 0.4) is 0 Å². The van der Waals surface area contributed by atoms with Gasteiger partial charge in [-0.3, -0.25) is 9.88 Å². The Bertz CT molecular complexity index is 536. The summed E-state index contributed by atoms with van der Waals surface area (Å²) in [7, 11) is 6.15. The van der Waals surface area contributed by atoms with E-state index < -0.39 is 0 Å².